The zero-order chi connectivity index (χ0) is 24.0. The lowest BCUT2D eigenvalue weighted by Crippen LogP contribution is -2.33. The van der Waals surface area contributed by atoms with Crippen molar-refractivity contribution in [3.05, 3.63) is 85.3 Å². The van der Waals surface area contributed by atoms with Gasteiger partial charge in [0.1, 0.15) is 15.9 Å². The molecule has 3 aromatic heterocycles. The van der Waals surface area contributed by atoms with Crippen LogP contribution in [-0.2, 0) is 23.1 Å². The predicted molar refractivity (Wildman–Crippen MR) is 137 cm³/mol. The number of hydrogen-bond donors (Lipinski definition) is 1. The van der Waals surface area contributed by atoms with E-state index in [1.165, 1.54) is 15.6 Å². The molecule has 0 fully saturated rings. The number of sulfonamides is 1. The molecule has 0 bridgehead atoms. The van der Waals surface area contributed by atoms with E-state index in [4.69, 9.17) is 0 Å². The summed E-state index contributed by atoms with van der Waals surface area (Å²) in [6.07, 6.45) is 0. The molecule has 0 radical (unpaired) electrons. The topological polar surface area (TPSA) is 96.0 Å². The Morgan fingerprint density at radius 3 is 2.59 bits per heavy atom. The molecule has 10 heteroatoms. The van der Waals surface area contributed by atoms with Gasteiger partial charge in [0.15, 0.2) is 0 Å². The molecule has 5 aromatic rings. The van der Waals surface area contributed by atoms with Gasteiger partial charge in [-0.25, -0.2) is 8.42 Å². The van der Waals surface area contributed by atoms with E-state index in [2.05, 4.69) is 13.7 Å². The zero-order valence-electron chi connectivity index (χ0n) is 18.8. The van der Waals surface area contributed by atoms with Crippen LogP contribution in [0.2, 0.25) is 0 Å². The maximum absolute atomic E-state index is 14.0. The van der Waals surface area contributed by atoms with Crippen molar-refractivity contribution in [1.29, 1.82) is 0 Å². The fourth-order valence-corrected chi connectivity index (χ4v) is 7.37. The minimum absolute atomic E-state index is 0.0636. The van der Waals surface area contributed by atoms with Crippen molar-refractivity contribution >= 4 is 55.0 Å². The maximum Gasteiger partial charge on any atom is 0.252 e. The SMILES string of the molecule is Cc1cc(C)c2[nH]c(=O)c(CN(Cc3cccs3)S(=O)(=O)c3c(C)ccc4nsnc34)cc2c1. The summed E-state index contributed by atoms with van der Waals surface area (Å²) >= 11 is 2.46. The second-order valence-corrected chi connectivity index (χ2v) is 11.8. The van der Waals surface area contributed by atoms with Gasteiger partial charge in [0.05, 0.1) is 17.2 Å². The molecule has 174 valence electrons. The first kappa shape index (κ1) is 22.9. The first-order valence-electron chi connectivity index (χ1n) is 10.6. The lowest BCUT2D eigenvalue weighted by molar-refractivity contribution is 0.403. The minimum atomic E-state index is -4.00. The Hall–Kier alpha value is -2.92. The van der Waals surface area contributed by atoms with E-state index in [1.54, 1.807) is 25.1 Å². The number of hydrogen-bond acceptors (Lipinski definition) is 7. The van der Waals surface area contributed by atoms with Crippen molar-refractivity contribution in [2.45, 2.75) is 38.8 Å². The Morgan fingerprint density at radius 1 is 1.00 bits per heavy atom. The number of rotatable bonds is 6. The summed E-state index contributed by atoms with van der Waals surface area (Å²) in [4.78, 5) is 17.0. The summed E-state index contributed by atoms with van der Waals surface area (Å²) < 4.78 is 37.9. The van der Waals surface area contributed by atoms with Gasteiger partial charge in [-0.2, -0.15) is 13.1 Å². The number of aryl methyl sites for hydroxylation is 3. The number of aromatic amines is 1. The van der Waals surface area contributed by atoms with Crippen LogP contribution in [0.4, 0.5) is 0 Å². The number of benzene rings is 2. The van der Waals surface area contributed by atoms with Gasteiger partial charge in [0, 0.05) is 23.5 Å². The Kier molecular flexibility index (Phi) is 5.85. The van der Waals surface area contributed by atoms with Crippen LogP contribution in [0.5, 0.6) is 0 Å². The molecular weight excluding hydrogens is 488 g/mol. The number of H-pyrrole nitrogens is 1. The Labute approximate surface area is 205 Å². The largest absolute Gasteiger partial charge is 0.321 e. The van der Waals surface area contributed by atoms with E-state index in [9.17, 15) is 13.2 Å². The Morgan fingerprint density at radius 2 is 1.82 bits per heavy atom. The molecule has 7 nitrogen and oxygen atoms in total. The quantitative estimate of drug-likeness (QED) is 0.350. The van der Waals surface area contributed by atoms with Crippen LogP contribution >= 0.6 is 23.1 Å². The van der Waals surface area contributed by atoms with E-state index in [-0.39, 0.29) is 23.5 Å². The fraction of sp³-hybridized carbons (Fsp3) is 0.208. The molecule has 0 aliphatic heterocycles. The molecule has 0 saturated heterocycles. The van der Waals surface area contributed by atoms with Gasteiger partial charge >= 0.3 is 0 Å². The van der Waals surface area contributed by atoms with Crippen molar-refractivity contribution in [3.8, 4) is 0 Å². The molecule has 0 aliphatic rings. The molecular formula is C24H22N4O3S3. The fourth-order valence-electron chi connectivity index (χ4n) is 4.23. The average Bonchev–Trinajstić information content (AvgIpc) is 3.45. The molecule has 0 spiro atoms. The third kappa shape index (κ3) is 4.07. The molecule has 3 heterocycles. The second kappa shape index (κ2) is 8.70. The first-order chi connectivity index (χ1) is 16.2. The van der Waals surface area contributed by atoms with E-state index in [0.717, 1.165) is 38.6 Å². The van der Waals surface area contributed by atoms with Gasteiger partial charge in [-0.3, -0.25) is 4.79 Å². The Bertz CT molecular complexity index is 1690. The van der Waals surface area contributed by atoms with Crippen LogP contribution in [0, 0.1) is 20.8 Å². The van der Waals surface area contributed by atoms with Crippen LogP contribution < -0.4 is 5.56 Å². The maximum atomic E-state index is 14.0. The molecule has 0 amide bonds. The van der Waals surface area contributed by atoms with Crippen LogP contribution in [0.15, 0.2) is 57.5 Å². The van der Waals surface area contributed by atoms with E-state index >= 15 is 0 Å². The predicted octanol–water partition coefficient (Wildman–Crippen LogP) is 4.91. The van der Waals surface area contributed by atoms with Gasteiger partial charge in [0.25, 0.3) is 5.56 Å². The van der Waals surface area contributed by atoms with Crippen LogP contribution in [0.1, 0.15) is 27.1 Å². The first-order valence-corrected chi connectivity index (χ1v) is 13.7. The molecule has 0 atom stereocenters. The summed E-state index contributed by atoms with van der Waals surface area (Å²) in [5.41, 5.74) is 4.40. The zero-order valence-corrected chi connectivity index (χ0v) is 21.3. The highest BCUT2D eigenvalue weighted by atomic mass is 32.2. The highest BCUT2D eigenvalue weighted by Crippen LogP contribution is 2.30. The lowest BCUT2D eigenvalue weighted by Gasteiger charge is -2.23. The third-order valence-corrected chi connectivity index (χ3v) is 9.18. The monoisotopic (exact) mass is 510 g/mol. The van der Waals surface area contributed by atoms with Gasteiger partial charge in [-0.05, 0) is 66.9 Å². The number of nitrogens with one attached hydrogen (secondary N) is 1. The third-order valence-electron chi connectivity index (χ3n) is 5.81. The van der Waals surface area contributed by atoms with Gasteiger partial charge in [-0.1, -0.05) is 23.8 Å². The van der Waals surface area contributed by atoms with Crippen molar-refractivity contribution in [3.63, 3.8) is 0 Å². The number of nitrogens with zero attached hydrogens (tertiary/aromatic N) is 3. The molecule has 0 saturated carbocycles. The number of pyridine rings is 1. The summed E-state index contributed by atoms with van der Waals surface area (Å²) in [5, 5.41) is 2.78. The van der Waals surface area contributed by atoms with E-state index < -0.39 is 10.0 Å². The Balaban J connectivity index is 1.65. The molecule has 0 unspecified atom stereocenters. The van der Waals surface area contributed by atoms with Crippen LogP contribution in [0.3, 0.4) is 0 Å². The molecule has 0 aliphatic carbocycles. The van der Waals surface area contributed by atoms with Gasteiger partial charge < -0.3 is 4.98 Å². The smallest absolute Gasteiger partial charge is 0.252 e. The summed E-state index contributed by atoms with van der Waals surface area (Å²) in [6.45, 7) is 5.78. The molecule has 2 aromatic carbocycles. The van der Waals surface area contributed by atoms with Crippen molar-refractivity contribution in [2.75, 3.05) is 0 Å². The number of fused-ring (bicyclic) bond motifs is 2. The summed E-state index contributed by atoms with van der Waals surface area (Å²) in [5.74, 6) is 0. The summed E-state index contributed by atoms with van der Waals surface area (Å²) in [7, 11) is -4.00. The molecule has 5 rings (SSSR count). The average molecular weight is 511 g/mol. The van der Waals surface area contributed by atoms with E-state index in [1.807, 2.05) is 43.5 Å². The van der Waals surface area contributed by atoms with Crippen LogP contribution in [0.25, 0.3) is 21.9 Å². The van der Waals surface area contributed by atoms with Crippen molar-refractivity contribution in [2.24, 2.45) is 0 Å². The summed E-state index contributed by atoms with van der Waals surface area (Å²) in [6, 6.07) is 13.1. The number of aromatic nitrogens is 3. The lowest BCUT2D eigenvalue weighted by atomic mass is 10.1. The highest BCUT2D eigenvalue weighted by Gasteiger charge is 2.31. The van der Waals surface area contributed by atoms with Crippen molar-refractivity contribution in [1.82, 2.24) is 18.0 Å². The van der Waals surface area contributed by atoms with Crippen molar-refractivity contribution < 1.29 is 8.42 Å². The standard InChI is InChI=1S/C24H22N4O3S3/c1-14-9-16(3)21-17(10-14)11-18(24(29)25-21)12-28(13-19-5-4-8-32-19)34(30,31)23-15(2)6-7-20-22(23)27-33-26-20/h4-11H,12-13H2,1-3H3,(H,25,29). The van der Waals surface area contributed by atoms with Crippen LogP contribution in [-0.4, -0.2) is 26.5 Å². The second-order valence-electron chi connectivity index (χ2n) is 8.37. The normalized spacial score (nSPS) is 12.2. The molecule has 34 heavy (non-hydrogen) atoms. The van der Waals surface area contributed by atoms with Gasteiger partial charge in [0.2, 0.25) is 10.0 Å². The molecule has 1 N–H and O–H groups in total. The van der Waals surface area contributed by atoms with Gasteiger partial charge in [-0.15, -0.1) is 11.3 Å². The minimum Gasteiger partial charge on any atom is -0.321 e. The highest BCUT2D eigenvalue weighted by molar-refractivity contribution is 7.89. The van der Waals surface area contributed by atoms with E-state index in [0.29, 0.717) is 22.2 Å². The number of thiophene rings is 1.